The van der Waals surface area contributed by atoms with Crippen LogP contribution in [0.25, 0.3) is 10.9 Å². The van der Waals surface area contributed by atoms with Crippen molar-refractivity contribution in [2.75, 3.05) is 26.0 Å². The average Bonchev–Trinajstić information content (AvgIpc) is 2.38. The maximum absolute atomic E-state index is 9.17. The third-order valence-electron chi connectivity index (χ3n) is 2.80. The summed E-state index contributed by atoms with van der Waals surface area (Å²) in [5.74, 6) is 0. The van der Waals surface area contributed by atoms with Gasteiger partial charge in [0.25, 0.3) is 0 Å². The number of nitrogens with zero attached hydrogens (tertiary/aromatic N) is 4. The Hall–Kier alpha value is -2.19. The Morgan fingerprint density at radius 1 is 1.32 bits per heavy atom. The van der Waals surface area contributed by atoms with Crippen molar-refractivity contribution in [1.29, 1.82) is 5.26 Å². The Kier molecular flexibility index (Phi) is 3.93. The molecule has 0 fully saturated rings. The minimum Gasteiger partial charge on any atom is -0.378 e. The van der Waals surface area contributed by atoms with Crippen LogP contribution in [0.1, 0.15) is 12.6 Å². The van der Waals surface area contributed by atoms with Gasteiger partial charge in [-0.15, -0.1) is 10.2 Å². The lowest BCUT2D eigenvalue weighted by atomic mass is 10.1. The van der Waals surface area contributed by atoms with Gasteiger partial charge in [0.15, 0.2) is 5.69 Å². The molecule has 0 bridgehead atoms. The number of anilines is 1. The number of likely N-dealkylation sites (N-methyl/N-ethyl adjacent to an activating group) is 1. The zero-order valence-corrected chi connectivity index (χ0v) is 11.4. The van der Waals surface area contributed by atoms with E-state index in [4.69, 9.17) is 5.26 Å². The fourth-order valence-electron chi connectivity index (χ4n) is 2.12. The van der Waals surface area contributed by atoms with Crippen molar-refractivity contribution in [2.45, 2.75) is 13.0 Å². The maximum Gasteiger partial charge on any atom is 0.186 e. The van der Waals surface area contributed by atoms with Gasteiger partial charge in [-0.3, -0.25) is 0 Å². The molecule has 0 saturated heterocycles. The van der Waals surface area contributed by atoms with Crippen molar-refractivity contribution >= 4 is 16.6 Å². The molecule has 5 nitrogen and oxygen atoms in total. The summed E-state index contributed by atoms with van der Waals surface area (Å²) in [6.45, 7) is 2.96. The minimum absolute atomic E-state index is 0.217. The molecule has 0 radical (unpaired) electrons. The number of benzene rings is 1. The van der Waals surface area contributed by atoms with Crippen LogP contribution < -0.4 is 5.32 Å². The molecule has 2 aromatic rings. The van der Waals surface area contributed by atoms with Gasteiger partial charge < -0.3 is 10.2 Å². The standard InChI is InChI=1S/C14H17N5/c1-10(9-19(2)3)16-14-11-6-4-5-7-12(11)17-18-13(14)8-15/h4-7,10H,9H2,1-3H3,(H,16,17). The fraction of sp³-hybridized carbons (Fsp3) is 0.357. The summed E-state index contributed by atoms with van der Waals surface area (Å²) in [6.07, 6.45) is 0. The Bertz CT molecular complexity index is 615. The van der Waals surface area contributed by atoms with Crippen LogP contribution in [0.5, 0.6) is 0 Å². The summed E-state index contributed by atoms with van der Waals surface area (Å²) in [4.78, 5) is 2.10. The molecule has 0 aliphatic carbocycles. The highest BCUT2D eigenvalue weighted by atomic mass is 15.1. The second kappa shape index (κ2) is 5.63. The highest BCUT2D eigenvalue weighted by Crippen LogP contribution is 2.24. The Morgan fingerprint density at radius 3 is 2.74 bits per heavy atom. The Labute approximate surface area is 112 Å². The molecule has 1 aromatic carbocycles. The lowest BCUT2D eigenvalue weighted by molar-refractivity contribution is 0.392. The van der Waals surface area contributed by atoms with Gasteiger partial charge in [0.05, 0.1) is 11.2 Å². The first-order valence-corrected chi connectivity index (χ1v) is 6.18. The van der Waals surface area contributed by atoms with Gasteiger partial charge in [-0.05, 0) is 27.1 Å². The molecule has 1 atom stereocenters. The van der Waals surface area contributed by atoms with Crippen LogP contribution in [-0.2, 0) is 0 Å². The first-order chi connectivity index (χ1) is 9.11. The third-order valence-corrected chi connectivity index (χ3v) is 2.80. The SMILES string of the molecule is CC(CN(C)C)Nc1c(C#N)nnc2ccccc12. The molecule has 0 aliphatic rings. The van der Waals surface area contributed by atoms with E-state index in [9.17, 15) is 0 Å². The molecule has 0 saturated carbocycles. The number of nitrogens with one attached hydrogen (secondary N) is 1. The van der Waals surface area contributed by atoms with Crippen molar-refractivity contribution in [3.05, 3.63) is 30.0 Å². The van der Waals surface area contributed by atoms with Crippen LogP contribution in [0.15, 0.2) is 24.3 Å². The van der Waals surface area contributed by atoms with Gasteiger partial charge in [-0.25, -0.2) is 0 Å². The summed E-state index contributed by atoms with van der Waals surface area (Å²) in [5, 5.41) is 21.5. The van der Waals surface area contributed by atoms with E-state index in [1.54, 1.807) is 0 Å². The van der Waals surface area contributed by atoms with E-state index in [-0.39, 0.29) is 6.04 Å². The number of rotatable bonds is 4. The number of fused-ring (bicyclic) bond motifs is 1. The molecule has 1 unspecified atom stereocenters. The summed E-state index contributed by atoms with van der Waals surface area (Å²) < 4.78 is 0. The highest BCUT2D eigenvalue weighted by molar-refractivity contribution is 5.92. The van der Waals surface area contributed by atoms with Gasteiger partial charge >= 0.3 is 0 Å². The monoisotopic (exact) mass is 255 g/mol. The van der Waals surface area contributed by atoms with Gasteiger partial charge in [0.1, 0.15) is 6.07 Å². The molecular weight excluding hydrogens is 238 g/mol. The zero-order chi connectivity index (χ0) is 13.8. The predicted molar refractivity (Wildman–Crippen MR) is 75.9 cm³/mol. The first kappa shape index (κ1) is 13.2. The third kappa shape index (κ3) is 2.98. The number of aromatic nitrogens is 2. The minimum atomic E-state index is 0.217. The normalized spacial score (nSPS) is 12.4. The molecule has 1 aromatic heterocycles. The second-order valence-corrected chi connectivity index (χ2v) is 4.86. The lowest BCUT2D eigenvalue weighted by Crippen LogP contribution is -2.30. The first-order valence-electron chi connectivity index (χ1n) is 6.18. The van der Waals surface area contributed by atoms with Crippen molar-refractivity contribution in [1.82, 2.24) is 15.1 Å². The summed E-state index contributed by atoms with van der Waals surface area (Å²) in [6, 6.07) is 10.0. The topological polar surface area (TPSA) is 64.8 Å². The molecule has 19 heavy (non-hydrogen) atoms. The molecule has 1 heterocycles. The zero-order valence-electron chi connectivity index (χ0n) is 11.4. The Balaban J connectivity index is 2.42. The fourth-order valence-corrected chi connectivity index (χ4v) is 2.12. The largest absolute Gasteiger partial charge is 0.378 e. The molecule has 0 spiro atoms. The molecule has 2 rings (SSSR count). The Morgan fingerprint density at radius 2 is 2.05 bits per heavy atom. The number of hydrogen-bond donors (Lipinski definition) is 1. The van der Waals surface area contributed by atoms with E-state index >= 15 is 0 Å². The van der Waals surface area contributed by atoms with Gasteiger partial charge in [-0.2, -0.15) is 5.26 Å². The van der Waals surface area contributed by atoms with E-state index < -0.39 is 0 Å². The van der Waals surface area contributed by atoms with Gasteiger partial charge in [0.2, 0.25) is 0 Å². The smallest absolute Gasteiger partial charge is 0.186 e. The summed E-state index contributed by atoms with van der Waals surface area (Å²) in [7, 11) is 4.04. The van der Waals surface area contributed by atoms with Gasteiger partial charge in [-0.1, -0.05) is 18.2 Å². The number of nitriles is 1. The second-order valence-electron chi connectivity index (χ2n) is 4.86. The molecule has 98 valence electrons. The van der Waals surface area contributed by atoms with Crippen LogP contribution in [0, 0.1) is 11.3 Å². The molecule has 0 amide bonds. The van der Waals surface area contributed by atoms with Crippen molar-refractivity contribution in [2.24, 2.45) is 0 Å². The quantitative estimate of drug-likeness (QED) is 0.903. The predicted octanol–water partition coefficient (Wildman–Crippen LogP) is 1.86. The van der Waals surface area contributed by atoms with Crippen LogP contribution in [0.3, 0.4) is 0 Å². The molecule has 1 N–H and O–H groups in total. The van der Waals surface area contributed by atoms with E-state index in [1.807, 2.05) is 38.4 Å². The average molecular weight is 255 g/mol. The summed E-state index contributed by atoms with van der Waals surface area (Å²) >= 11 is 0. The highest BCUT2D eigenvalue weighted by Gasteiger charge is 2.12. The molecule has 0 aliphatic heterocycles. The maximum atomic E-state index is 9.17. The van der Waals surface area contributed by atoms with Crippen LogP contribution in [0.2, 0.25) is 0 Å². The van der Waals surface area contributed by atoms with Crippen molar-refractivity contribution in [3.8, 4) is 6.07 Å². The van der Waals surface area contributed by atoms with Crippen LogP contribution in [0.4, 0.5) is 5.69 Å². The molecule has 5 heteroatoms. The lowest BCUT2D eigenvalue weighted by Gasteiger charge is -2.20. The molecular formula is C14H17N5. The van der Waals surface area contributed by atoms with E-state index in [2.05, 4.69) is 33.4 Å². The van der Waals surface area contributed by atoms with Crippen molar-refractivity contribution in [3.63, 3.8) is 0 Å². The van der Waals surface area contributed by atoms with Gasteiger partial charge in [0, 0.05) is 18.0 Å². The van der Waals surface area contributed by atoms with E-state index in [0.717, 1.165) is 23.1 Å². The van der Waals surface area contributed by atoms with Crippen LogP contribution >= 0.6 is 0 Å². The van der Waals surface area contributed by atoms with Crippen molar-refractivity contribution < 1.29 is 0 Å². The summed E-state index contributed by atoms with van der Waals surface area (Å²) in [5.41, 5.74) is 1.90. The van der Waals surface area contributed by atoms with Crippen LogP contribution in [-0.4, -0.2) is 41.8 Å². The van der Waals surface area contributed by atoms with E-state index in [0.29, 0.717) is 5.69 Å². The van der Waals surface area contributed by atoms with E-state index in [1.165, 1.54) is 0 Å². The number of hydrogen-bond acceptors (Lipinski definition) is 5.